The van der Waals surface area contributed by atoms with Gasteiger partial charge in [-0.25, -0.2) is 19.3 Å². The van der Waals surface area contributed by atoms with Gasteiger partial charge in [-0.2, -0.15) is 0 Å². The number of hydrogen-bond acceptors (Lipinski definition) is 7. The second-order valence-corrected chi connectivity index (χ2v) is 9.39. The van der Waals surface area contributed by atoms with Crippen molar-refractivity contribution in [2.45, 2.75) is 57.9 Å². The van der Waals surface area contributed by atoms with Crippen LogP contribution in [0.1, 0.15) is 46.0 Å². The van der Waals surface area contributed by atoms with Gasteiger partial charge >= 0.3 is 0 Å². The third-order valence-corrected chi connectivity index (χ3v) is 5.87. The summed E-state index contributed by atoms with van der Waals surface area (Å²) in [6.07, 6.45) is 1.61. The lowest BCUT2D eigenvalue weighted by Gasteiger charge is -2.29. The first-order chi connectivity index (χ1) is 15.1. The molecule has 0 amide bonds. The molecule has 0 radical (unpaired) electrons. The molecule has 3 heterocycles. The predicted molar refractivity (Wildman–Crippen MR) is 122 cm³/mol. The molecule has 1 saturated heterocycles. The predicted octanol–water partition coefficient (Wildman–Crippen LogP) is 3.23. The molecule has 8 nitrogen and oxygen atoms in total. The summed E-state index contributed by atoms with van der Waals surface area (Å²) in [5.41, 5.74) is 0.330. The summed E-state index contributed by atoms with van der Waals surface area (Å²) < 4.78 is 17.0. The lowest BCUT2D eigenvalue weighted by atomic mass is 10.0. The number of nitrogens with zero attached hydrogens (tertiary/aromatic N) is 4. The molecule has 1 aliphatic rings. The van der Waals surface area contributed by atoms with Crippen molar-refractivity contribution in [3.63, 3.8) is 0 Å². The molecule has 10 heteroatoms. The van der Waals surface area contributed by atoms with Crippen LogP contribution in [-0.2, 0) is 5.60 Å². The second-order valence-electron chi connectivity index (χ2n) is 8.99. The van der Waals surface area contributed by atoms with Gasteiger partial charge in [0.25, 0.3) is 0 Å². The molecule has 172 valence electrons. The molecule has 4 rings (SSSR count). The fourth-order valence-corrected chi connectivity index (χ4v) is 4.26. The van der Waals surface area contributed by atoms with E-state index in [0.717, 1.165) is 13.0 Å². The van der Waals surface area contributed by atoms with Crippen LogP contribution in [0.3, 0.4) is 0 Å². The summed E-state index contributed by atoms with van der Waals surface area (Å²) in [5, 5.41) is 27.3. The van der Waals surface area contributed by atoms with Crippen molar-refractivity contribution in [3.05, 3.63) is 35.0 Å². The number of β-amino-alcohol motifs (C(OH)–C–C–N with tert-alkyl or cyclic N) is 1. The van der Waals surface area contributed by atoms with Crippen molar-refractivity contribution >= 4 is 28.6 Å². The van der Waals surface area contributed by atoms with Gasteiger partial charge in [0, 0.05) is 18.2 Å². The van der Waals surface area contributed by atoms with Crippen LogP contribution in [0.25, 0.3) is 22.3 Å². The zero-order valence-corrected chi connectivity index (χ0v) is 19.3. The quantitative estimate of drug-likeness (QED) is 0.461. The SMILES string of the molecule is CC(C)n1c(C(C)(C)O)nc2c(F)cc(-c3nc(N[C@@H]4CCNC[C@H]4O)ncc3Cl)cc21. The molecule has 2 aromatic heterocycles. The van der Waals surface area contributed by atoms with Crippen molar-refractivity contribution in [1.29, 1.82) is 0 Å². The summed E-state index contributed by atoms with van der Waals surface area (Å²) in [6, 6.07) is 2.86. The highest BCUT2D eigenvalue weighted by molar-refractivity contribution is 6.33. The number of halogens is 2. The van der Waals surface area contributed by atoms with E-state index in [9.17, 15) is 10.2 Å². The first-order valence-corrected chi connectivity index (χ1v) is 11.1. The lowest BCUT2D eigenvalue weighted by Crippen LogP contribution is -2.47. The van der Waals surface area contributed by atoms with Crippen LogP contribution in [0.15, 0.2) is 18.3 Å². The summed E-state index contributed by atoms with van der Waals surface area (Å²) in [6.45, 7) is 8.42. The Kier molecular flexibility index (Phi) is 6.10. The monoisotopic (exact) mass is 462 g/mol. The fourth-order valence-electron chi connectivity index (χ4n) is 4.06. The molecular formula is C22H28ClFN6O2. The summed E-state index contributed by atoms with van der Waals surface area (Å²) in [4.78, 5) is 13.1. The minimum absolute atomic E-state index is 0.0597. The van der Waals surface area contributed by atoms with E-state index in [4.69, 9.17) is 11.6 Å². The van der Waals surface area contributed by atoms with Gasteiger partial charge in [-0.3, -0.25) is 0 Å². The molecule has 0 spiro atoms. The van der Waals surface area contributed by atoms with E-state index >= 15 is 4.39 Å². The molecule has 4 N–H and O–H groups in total. The van der Waals surface area contributed by atoms with Crippen molar-refractivity contribution in [1.82, 2.24) is 24.8 Å². The number of nitrogens with one attached hydrogen (secondary N) is 2. The van der Waals surface area contributed by atoms with Crippen molar-refractivity contribution in [2.75, 3.05) is 18.4 Å². The fraction of sp³-hybridized carbons (Fsp3) is 0.500. The number of benzene rings is 1. The Bertz CT molecular complexity index is 1140. The number of rotatable bonds is 5. The molecule has 0 unspecified atom stereocenters. The van der Waals surface area contributed by atoms with Crippen LogP contribution in [0.5, 0.6) is 0 Å². The van der Waals surface area contributed by atoms with Crippen LogP contribution in [0.2, 0.25) is 5.02 Å². The smallest absolute Gasteiger partial charge is 0.223 e. The van der Waals surface area contributed by atoms with Crippen molar-refractivity contribution < 1.29 is 14.6 Å². The molecule has 0 aliphatic carbocycles. The molecule has 1 fully saturated rings. The lowest BCUT2D eigenvalue weighted by molar-refractivity contribution is 0.0641. The first kappa shape index (κ1) is 22.8. The summed E-state index contributed by atoms with van der Waals surface area (Å²) in [5.74, 6) is 0.167. The van der Waals surface area contributed by atoms with Crippen LogP contribution < -0.4 is 10.6 Å². The molecule has 1 aromatic carbocycles. The summed E-state index contributed by atoms with van der Waals surface area (Å²) >= 11 is 6.39. The number of aromatic nitrogens is 4. The highest BCUT2D eigenvalue weighted by Gasteiger charge is 2.28. The Hall–Kier alpha value is -2.33. The van der Waals surface area contributed by atoms with Crippen molar-refractivity contribution in [3.8, 4) is 11.3 Å². The Balaban J connectivity index is 1.80. The number of hydrogen-bond donors (Lipinski definition) is 4. The standard InChI is InChI=1S/C22H28ClFN6O2/c1-11(2)30-16-8-12(7-14(24)19(16)28-20(30)22(3,4)32)18-13(23)9-26-21(29-18)27-15-5-6-25-10-17(15)31/h7-9,11,15,17,25,31-32H,5-6,10H2,1-4H3,(H,26,27,29)/t15-,17-/m1/s1. The van der Waals surface area contributed by atoms with E-state index in [-0.39, 0.29) is 22.6 Å². The highest BCUT2D eigenvalue weighted by Crippen LogP contribution is 2.34. The third kappa shape index (κ3) is 4.30. The zero-order chi connectivity index (χ0) is 23.2. The van der Waals surface area contributed by atoms with E-state index in [1.807, 2.05) is 18.4 Å². The van der Waals surface area contributed by atoms with Gasteiger partial charge in [0.15, 0.2) is 5.82 Å². The third-order valence-electron chi connectivity index (χ3n) is 5.59. The minimum Gasteiger partial charge on any atom is -0.390 e. The second kappa shape index (κ2) is 8.55. The minimum atomic E-state index is -1.24. The Labute approximate surface area is 190 Å². The van der Waals surface area contributed by atoms with E-state index < -0.39 is 17.5 Å². The number of piperidine rings is 1. The van der Waals surface area contributed by atoms with Gasteiger partial charge in [0.2, 0.25) is 5.95 Å². The van der Waals surface area contributed by atoms with Crippen molar-refractivity contribution in [2.24, 2.45) is 0 Å². The van der Waals surface area contributed by atoms with Gasteiger partial charge in [-0.15, -0.1) is 0 Å². The van der Waals surface area contributed by atoms with Gasteiger partial charge < -0.3 is 25.4 Å². The van der Waals surface area contributed by atoms with E-state index in [0.29, 0.717) is 35.1 Å². The largest absolute Gasteiger partial charge is 0.390 e. The molecule has 1 aliphatic heterocycles. The maximum atomic E-state index is 15.1. The highest BCUT2D eigenvalue weighted by atomic mass is 35.5. The Morgan fingerprint density at radius 3 is 2.72 bits per heavy atom. The average molecular weight is 463 g/mol. The Morgan fingerprint density at radius 1 is 1.31 bits per heavy atom. The normalized spacial score (nSPS) is 19.7. The van der Waals surface area contributed by atoms with Crippen LogP contribution in [0, 0.1) is 5.82 Å². The summed E-state index contributed by atoms with van der Waals surface area (Å²) in [7, 11) is 0. The maximum absolute atomic E-state index is 15.1. The molecule has 0 saturated carbocycles. The van der Waals surface area contributed by atoms with Gasteiger partial charge in [-0.05, 0) is 52.8 Å². The molecule has 2 atom stereocenters. The van der Waals surface area contributed by atoms with Crippen LogP contribution in [-0.4, -0.2) is 55.0 Å². The number of imidazole rings is 1. The maximum Gasteiger partial charge on any atom is 0.223 e. The number of fused-ring (bicyclic) bond motifs is 1. The van der Waals surface area contributed by atoms with E-state index in [1.54, 1.807) is 19.9 Å². The van der Waals surface area contributed by atoms with E-state index in [1.165, 1.54) is 12.3 Å². The molecule has 0 bridgehead atoms. The number of aliphatic hydroxyl groups excluding tert-OH is 1. The molecule has 3 aromatic rings. The number of aliphatic hydroxyl groups is 2. The zero-order valence-electron chi connectivity index (χ0n) is 18.5. The topological polar surface area (TPSA) is 108 Å². The molecular weight excluding hydrogens is 435 g/mol. The average Bonchev–Trinajstić information content (AvgIpc) is 3.12. The first-order valence-electron chi connectivity index (χ1n) is 10.7. The van der Waals surface area contributed by atoms with Crippen LogP contribution >= 0.6 is 11.6 Å². The van der Waals surface area contributed by atoms with Gasteiger partial charge in [-0.1, -0.05) is 11.6 Å². The Morgan fingerprint density at radius 2 is 2.06 bits per heavy atom. The van der Waals surface area contributed by atoms with E-state index in [2.05, 4.69) is 25.6 Å². The van der Waals surface area contributed by atoms with Gasteiger partial charge in [0.1, 0.15) is 16.9 Å². The van der Waals surface area contributed by atoms with Crippen LogP contribution in [0.4, 0.5) is 10.3 Å². The molecule has 32 heavy (non-hydrogen) atoms. The number of anilines is 1. The van der Waals surface area contributed by atoms with Gasteiger partial charge in [0.05, 0.1) is 34.6 Å².